The Morgan fingerprint density at radius 3 is 2.41 bits per heavy atom. The highest BCUT2D eigenvalue weighted by Crippen LogP contribution is 2.28. The molecule has 0 fully saturated rings. The first-order valence-electron chi connectivity index (χ1n) is 10.3. The van der Waals surface area contributed by atoms with Gasteiger partial charge in [-0.3, -0.25) is 4.79 Å². The van der Waals surface area contributed by atoms with Crippen LogP contribution in [0.5, 0.6) is 17.2 Å². The van der Waals surface area contributed by atoms with Gasteiger partial charge in [0.15, 0.2) is 18.1 Å². The quantitative estimate of drug-likeness (QED) is 0.392. The molecule has 166 valence electrons. The third kappa shape index (κ3) is 6.60. The molecule has 32 heavy (non-hydrogen) atoms. The van der Waals surface area contributed by atoms with Gasteiger partial charge in [0, 0.05) is 0 Å². The van der Waals surface area contributed by atoms with Crippen molar-refractivity contribution in [3.05, 3.63) is 88.5 Å². The fraction of sp³-hybridized carbons (Fsp3) is 0.231. The summed E-state index contributed by atoms with van der Waals surface area (Å²) in [5, 5.41) is 4.00. The lowest BCUT2D eigenvalue weighted by Crippen LogP contribution is -2.24. The molecular weight excluding hydrogens is 404 g/mol. The summed E-state index contributed by atoms with van der Waals surface area (Å²) in [7, 11) is 1.59. The van der Waals surface area contributed by atoms with Crippen LogP contribution in [0.3, 0.4) is 0 Å². The molecule has 1 N–H and O–H groups in total. The van der Waals surface area contributed by atoms with Gasteiger partial charge < -0.3 is 14.2 Å². The number of amides is 1. The molecule has 0 heterocycles. The van der Waals surface area contributed by atoms with Gasteiger partial charge in [-0.25, -0.2) is 5.43 Å². The number of carbonyl (C=O) groups excluding carboxylic acids is 1. The lowest BCUT2D eigenvalue weighted by atomic mass is 10.1. The number of benzene rings is 3. The van der Waals surface area contributed by atoms with Crippen LogP contribution in [0.1, 0.15) is 27.8 Å². The molecule has 3 aromatic rings. The summed E-state index contributed by atoms with van der Waals surface area (Å²) in [6, 6.07) is 19.4. The topological polar surface area (TPSA) is 69.2 Å². The smallest absolute Gasteiger partial charge is 0.277 e. The van der Waals surface area contributed by atoms with Gasteiger partial charge in [-0.05, 0) is 78.9 Å². The van der Waals surface area contributed by atoms with Gasteiger partial charge in [-0.2, -0.15) is 5.10 Å². The summed E-state index contributed by atoms with van der Waals surface area (Å²) in [5.74, 6) is 1.55. The molecule has 6 heteroatoms. The van der Waals surface area contributed by atoms with Crippen molar-refractivity contribution in [2.45, 2.75) is 27.4 Å². The zero-order valence-electron chi connectivity index (χ0n) is 18.8. The van der Waals surface area contributed by atoms with Gasteiger partial charge in [0.2, 0.25) is 0 Å². The van der Waals surface area contributed by atoms with E-state index in [0.717, 1.165) is 22.3 Å². The van der Waals surface area contributed by atoms with E-state index in [-0.39, 0.29) is 12.5 Å². The van der Waals surface area contributed by atoms with Crippen LogP contribution < -0.4 is 19.6 Å². The SMILES string of the molecule is COc1cc(/C=N/NC(=O)COc2cc(C)cc(C)c2)ccc1OCc1ccccc1C. The van der Waals surface area contributed by atoms with Crippen molar-refractivity contribution in [1.82, 2.24) is 5.43 Å². The van der Waals surface area contributed by atoms with E-state index in [1.165, 1.54) is 5.56 Å². The average molecular weight is 433 g/mol. The lowest BCUT2D eigenvalue weighted by Gasteiger charge is -2.12. The molecule has 0 radical (unpaired) electrons. The minimum Gasteiger partial charge on any atom is -0.493 e. The number of rotatable bonds is 9. The fourth-order valence-corrected chi connectivity index (χ4v) is 3.19. The van der Waals surface area contributed by atoms with Crippen LogP contribution in [0, 0.1) is 20.8 Å². The van der Waals surface area contributed by atoms with Crippen molar-refractivity contribution >= 4 is 12.1 Å². The first-order valence-corrected chi connectivity index (χ1v) is 10.3. The second-order valence-corrected chi connectivity index (χ2v) is 7.53. The third-order valence-electron chi connectivity index (χ3n) is 4.80. The highest BCUT2D eigenvalue weighted by atomic mass is 16.5. The van der Waals surface area contributed by atoms with Crippen molar-refractivity contribution in [1.29, 1.82) is 0 Å². The molecule has 0 spiro atoms. The van der Waals surface area contributed by atoms with Crippen molar-refractivity contribution in [2.75, 3.05) is 13.7 Å². The highest BCUT2D eigenvalue weighted by Gasteiger charge is 2.07. The number of hydrogen-bond donors (Lipinski definition) is 1. The van der Waals surface area contributed by atoms with E-state index in [2.05, 4.69) is 23.5 Å². The molecule has 1 amide bonds. The Hall–Kier alpha value is -3.80. The number of nitrogens with zero attached hydrogens (tertiary/aromatic N) is 1. The normalized spacial score (nSPS) is 10.8. The average Bonchev–Trinajstić information content (AvgIpc) is 2.77. The second-order valence-electron chi connectivity index (χ2n) is 7.53. The molecule has 0 saturated heterocycles. The maximum atomic E-state index is 12.0. The van der Waals surface area contributed by atoms with E-state index in [1.807, 2.05) is 62.4 Å². The van der Waals surface area contributed by atoms with Gasteiger partial charge >= 0.3 is 0 Å². The minimum absolute atomic E-state index is 0.116. The Labute approximate surface area is 188 Å². The Kier molecular flexibility index (Phi) is 7.86. The van der Waals surface area contributed by atoms with Crippen LogP contribution in [0.4, 0.5) is 0 Å². The zero-order chi connectivity index (χ0) is 22.9. The molecule has 0 aliphatic heterocycles. The number of nitrogens with one attached hydrogen (secondary N) is 1. The van der Waals surface area contributed by atoms with Crippen molar-refractivity contribution < 1.29 is 19.0 Å². The van der Waals surface area contributed by atoms with Gasteiger partial charge in [0.1, 0.15) is 12.4 Å². The van der Waals surface area contributed by atoms with Crippen molar-refractivity contribution in [3.63, 3.8) is 0 Å². The van der Waals surface area contributed by atoms with Gasteiger partial charge in [0.05, 0.1) is 13.3 Å². The number of aryl methyl sites for hydroxylation is 3. The highest BCUT2D eigenvalue weighted by molar-refractivity contribution is 5.83. The Morgan fingerprint density at radius 1 is 0.938 bits per heavy atom. The van der Waals surface area contributed by atoms with Crippen LogP contribution in [-0.4, -0.2) is 25.8 Å². The Morgan fingerprint density at radius 2 is 1.69 bits per heavy atom. The first kappa shape index (κ1) is 22.9. The molecule has 0 unspecified atom stereocenters. The van der Waals surface area contributed by atoms with Crippen LogP contribution >= 0.6 is 0 Å². The molecule has 0 atom stereocenters. The third-order valence-corrected chi connectivity index (χ3v) is 4.80. The molecule has 0 aliphatic carbocycles. The molecule has 0 aromatic heterocycles. The first-order chi connectivity index (χ1) is 15.4. The standard InChI is InChI=1S/C26H28N2O4/c1-18-11-19(2)13-23(12-18)31-17-26(29)28-27-15-21-9-10-24(25(14-21)30-4)32-16-22-8-6-5-7-20(22)3/h5-15H,16-17H2,1-4H3,(H,28,29)/b27-15+. The van der Waals surface area contributed by atoms with Crippen molar-refractivity contribution in [3.8, 4) is 17.2 Å². The van der Waals surface area contributed by atoms with Gasteiger partial charge in [-0.15, -0.1) is 0 Å². The van der Waals surface area contributed by atoms with Crippen LogP contribution in [-0.2, 0) is 11.4 Å². The molecule has 3 rings (SSSR count). The molecule has 6 nitrogen and oxygen atoms in total. The maximum Gasteiger partial charge on any atom is 0.277 e. The summed E-state index contributed by atoms with van der Waals surface area (Å²) in [5.41, 5.74) is 7.69. The lowest BCUT2D eigenvalue weighted by molar-refractivity contribution is -0.123. The Bertz CT molecular complexity index is 1090. The number of hydrazone groups is 1. The number of ether oxygens (including phenoxy) is 3. The number of hydrogen-bond acceptors (Lipinski definition) is 5. The van der Waals surface area contributed by atoms with Crippen LogP contribution in [0.2, 0.25) is 0 Å². The monoisotopic (exact) mass is 432 g/mol. The van der Waals surface area contributed by atoms with E-state index in [0.29, 0.717) is 23.9 Å². The molecular formula is C26H28N2O4. The minimum atomic E-state index is -0.342. The molecule has 0 bridgehead atoms. The molecule has 0 saturated carbocycles. The van der Waals surface area contributed by atoms with E-state index in [1.54, 1.807) is 19.4 Å². The summed E-state index contributed by atoms with van der Waals surface area (Å²) >= 11 is 0. The van der Waals surface area contributed by atoms with E-state index in [4.69, 9.17) is 14.2 Å². The van der Waals surface area contributed by atoms with Gasteiger partial charge in [-0.1, -0.05) is 30.3 Å². The largest absolute Gasteiger partial charge is 0.493 e. The Balaban J connectivity index is 1.53. The fourth-order valence-electron chi connectivity index (χ4n) is 3.19. The van der Waals surface area contributed by atoms with Crippen LogP contribution in [0.15, 0.2) is 65.8 Å². The molecule has 0 aliphatic rings. The van der Waals surface area contributed by atoms with Crippen molar-refractivity contribution in [2.24, 2.45) is 5.10 Å². The predicted octanol–water partition coefficient (Wildman–Crippen LogP) is 4.73. The second kappa shape index (κ2) is 11.0. The summed E-state index contributed by atoms with van der Waals surface area (Å²) < 4.78 is 16.9. The number of methoxy groups -OCH3 is 1. The summed E-state index contributed by atoms with van der Waals surface area (Å²) in [6.07, 6.45) is 1.54. The zero-order valence-corrected chi connectivity index (χ0v) is 18.8. The van der Waals surface area contributed by atoms with Gasteiger partial charge in [0.25, 0.3) is 5.91 Å². The maximum absolute atomic E-state index is 12.0. The van der Waals surface area contributed by atoms with Crippen LogP contribution in [0.25, 0.3) is 0 Å². The summed E-state index contributed by atoms with van der Waals surface area (Å²) in [4.78, 5) is 12.0. The number of carbonyl (C=O) groups is 1. The summed E-state index contributed by atoms with van der Waals surface area (Å²) in [6.45, 7) is 6.36. The van der Waals surface area contributed by atoms with E-state index >= 15 is 0 Å². The van der Waals surface area contributed by atoms with E-state index < -0.39 is 0 Å². The molecule has 3 aromatic carbocycles. The predicted molar refractivity (Wildman–Crippen MR) is 126 cm³/mol. The van der Waals surface area contributed by atoms with E-state index in [9.17, 15) is 4.79 Å².